The molecule has 0 aromatic carbocycles. The monoisotopic (exact) mass is 259 g/mol. The minimum Gasteiger partial charge on any atom is -0.360 e. The van der Waals surface area contributed by atoms with Crippen molar-refractivity contribution in [3.8, 4) is 0 Å². The Kier molecular flexibility index (Phi) is 2.69. The second-order valence-corrected chi connectivity index (χ2v) is 5.16. The van der Waals surface area contributed by atoms with Gasteiger partial charge in [-0.15, -0.1) is 0 Å². The molecule has 5 nitrogen and oxygen atoms in total. The topological polar surface area (TPSA) is 60.1 Å². The van der Waals surface area contributed by atoms with Crippen LogP contribution in [0.15, 0.2) is 16.7 Å². The maximum absolute atomic E-state index is 12.2. The predicted octanol–water partition coefficient (Wildman–Crippen LogP) is 2.99. The maximum atomic E-state index is 12.2. The smallest absolute Gasteiger partial charge is 0.258 e. The Hall–Kier alpha value is -2.04. The van der Waals surface area contributed by atoms with Gasteiger partial charge in [0.15, 0.2) is 5.82 Å². The number of nitrogens with one attached hydrogen (secondary N) is 1. The van der Waals surface area contributed by atoms with Gasteiger partial charge < -0.3 is 14.4 Å². The number of hydrogen-bond donors (Lipinski definition) is 1. The zero-order valence-corrected chi connectivity index (χ0v) is 11.4. The molecule has 0 bridgehead atoms. The highest BCUT2D eigenvalue weighted by Crippen LogP contribution is 2.38. The number of nitrogens with zero attached hydrogens (tertiary/aromatic N) is 2. The number of aryl methyl sites for hydroxylation is 2. The van der Waals surface area contributed by atoms with E-state index in [1.54, 1.807) is 13.0 Å². The van der Waals surface area contributed by atoms with E-state index in [1.165, 1.54) is 12.8 Å². The molecule has 2 aromatic heterocycles. The molecule has 0 spiro atoms. The van der Waals surface area contributed by atoms with Gasteiger partial charge in [-0.1, -0.05) is 5.16 Å². The third-order valence-corrected chi connectivity index (χ3v) is 3.51. The number of hydrogen-bond acceptors (Lipinski definition) is 3. The maximum Gasteiger partial charge on any atom is 0.258 e. The molecule has 1 saturated carbocycles. The molecule has 100 valence electrons. The number of anilines is 1. The standard InChI is InChI=1S/C14H17N3O2/c1-8-6-12(10(3)17(8)11-4-5-11)14(18)15-13-7-9(2)19-16-13/h6-7,11H,4-5H2,1-3H3,(H,15,16,18). The quantitative estimate of drug-likeness (QED) is 0.921. The van der Waals surface area contributed by atoms with Crippen LogP contribution in [0.3, 0.4) is 0 Å². The molecule has 1 N–H and O–H groups in total. The third-order valence-electron chi connectivity index (χ3n) is 3.51. The van der Waals surface area contributed by atoms with Crippen LogP contribution in [0.1, 0.15) is 46.4 Å². The molecule has 2 heterocycles. The first-order valence-electron chi connectivity index (χ1n) is 6.49. The summed E-state index contributed by atoms with van der Waals surface area (Å²) in [5.41, 5.74) is 2.88. The van der Waals surface area contributed by atoms with E-state index >= 15 is 0 Å². The van der Waals surface area contributed by atoms with Crippen molar-refractivity contribution in [3.05, 3.63) is 34.8 Å². The number of rotatable bonds is 3. The van der Waals surface area contributed by atoms with Crippen molar-refractivity contribution in [3.63, 3.8) is 0 Å². The van der Waals surface area contributed by atoms with E-state index < -0.39 is 0 Å². The lowest BCUT2D eigenvalue weighted by atomic mass is 10.2. The molecule has 1 amide bonds. The van der Waals surface area contributed by atoms with Crippen LogP contribution in [0.2, 0.25) is 0 Å². The summed E-state index contributed by atoms with van der Waals surface area (Å²) < 4.78 is 7.19. The fourth-order valence-corrected chi connectivity index (χ4v) is 2.51. The van der Waals surface area contributed by atoms with E-state index in [-0.39, 0.29) is 5.91 Å². The molecule has 0 atom stereocenters. The molecule has 0 saturated heterocycles. The predicted molar refractivity (Wildman–Crippen MR) is 71.4 cm³/mol. The summed E-state index contributed by atoms with van der Waals surface area (Å²) >= 11 is 0. The van der Waals surface area contributed by atoms with Crippen molar-refractivity contribution in [2.45, 2.75) is 39.7 Å². The lowest BCUT2D eigenvalue weighted by Gasteiger charge is -2.07. The van der Waals surface area contributed by atoms with Gasteiger partial charge in [-0.25, -0.2) is 0 Å². The van der Waals surface area contributed by atoms with E-state index in [0.717, 1.165) is 11.4 Å². The van der Waals surface area contributed by atoms with E-state index in [4.69, 9.17) is 4.52 Å². The largest absolute Gasteiger partial charge is 0.360 e. The molecule has 1 aliphatic rings. The van der Waals surface area contributed by atoms with Crippen LogP contribution >= 0.6 is 0 Å². The number of aromatic nitrogens is 2. The lowest BCUT2D eigenvalue weighted by Crippen LogP contribution is -2.13. The number of carbonyl (C=O) groups excluding carboxylic acids is 1. The van der Waals surface area contributed by atoms with Crippen LogP contribution < -0.4 is 5.32 Å². The first-order chi connectivity index (χ1) is 9.06. The van der Waals surface area contributed by atoms with Gasteiger partial charge in [-0.2, -0.15) is 0 Å². The van der Waals surface area contributed by atoms with E-state index in [2.05, 4.69) is 15.0 Å². The molecule has 0 radical (unpaired) electrons. The second-order valence-electron chi connectivity index (χ2n) is 5.16. The molecule has 2 aromatic rings. The number of amides is 1. The van der Waals surface area contributed by atoms with Crippen molar-refractivity contribution >= 4 is 11.7 Å². The zero-order valence-electron chi connectivity index (χ0n) is 11.4. The minimum absolute atomic E-state index is 0.131. The summed E-state index contributed by atoms with van der Waals surface area (Å²) in [6, 6.07) is 4.23. The summed E-state index contributed by atoms with van der Waals surface area (Å²) in [5.74, 6) is 1.01. The van der Waals surface area contributed by atoms with E-state index in [1.807, 2.05) is 19.9 Å². The molecule has 1 aliphatic carbocycles. The Balaban J connectivity index is 1.85. The molecule has 0 aliphatic heterocycles. The van der Waals surface area contributed by atoms with Crippen LogP contribution in [-0.2, 0) is 0 Å². The molecule has 3 rings (SSSR count). The van der Waals surface area contributed by atoms with Gasteiger partial charge >= 0.3 is 0 Å². The summed E-state index contributed by atoms with van der Waals surface area (Å²) in [7, 11) is 0. The number of carbonyl (C=O) groups is 1. The highest BCUT2D eigenvalue weighted by Gasteiger charge is 2.28. The normalized spacial score (nSPS) is 14.7. The molecule has 5 heteroatoms. The van der Waals surface area contributed by atoms with Gasteiger partial charge in [-0.3, -0.25) is 4.79 Å². The third kappa shape index (κ3) is 2.16. The van der Waals surface area contributed by atoms with E-state index in [9.17, 15) is 4.79 Å². The molecular weight excluding hydrogens is 242 g/mol. The lowest BCUT2D eigenvalue weighted by molar-refractivity contribution is 0.102. The zero-order chi connectivity index (χ0) is 13.6. The van der Waals surface area contributed by atoms with Gasteiger partial charge in [0.05, 0.1) is 5.56 Å². The Morgan fingerprint density at radius 3 is 2.68 bits per heavy atom. The molecular formula is C14H17N3O2. The van der Waals surface area contributed by atoms with Crippen molar-refractivity contribution in [2.75, 3.05) is 5.32 Å². The van der Waals surface area contributed by atoms with E-state index in [0.29, 0.717) is 23.2 Å². The van der Waals surface area contributed by atoms with Crippen LogP contribution in [0.25, 0.3) is 0 Å². The van der Waals surface area contributed by atoms with Gasteiger partial charge in [0.25, 0.3) is 5.91 Å². The van der Waals surface area contributed by atoms with Crippen LogP contribution in [0.5, 0.6) is 0 Å². The average molecular weight is 259 g/mol. The fourth-order valence-electron chi connectivity index (χ4n) is 2.51. The van der Waals surface area contributed by atoms with Crippen LogP contribution in [-0.4, -0.2) is 15.6 Å². The van der Waals surface area contributed by atoms with Crippen molar-refractivity contribution in [2.24, 2.45) is 0 Å². The van der Waals surface area contributed by atoms with Crippen molar-refractivity contribution in [1.82, 2.24) is 9.72 Å². The second kappa shape index (κ2) is 4.26. The van der Waals surface area contributed by atoms with Gasteiger partial charge in [0.2, 0.25) is 0 Å². The average Bonchev–Trinajstić information content (AvgIpc) is 3.03. The fraction of sp³-hybridized carbons (Fsp3) is 0.429. The molecule has 0 unspecified atom stereocenters. The highest BCUT2D eigenvalue weighted by molar-refractivity contribution is 6.04. The van der Waals surface area contributed by atoms with Gasteiger partial charge in [0.1, 0.15) is 5.76 Å². The Bertz CT molecular complexity index is 635. The van der Waals surface area contributed by atoms with Gasteiger partial charge in [-0.05, 0) is 39.7 Å². The first-order valence-corrected chi connectivity index (χ1v) is 6.49. The summed E-state index contributed by atoms with van der Waals surface area (Å²) in [5, 5.41) is 6.54. The SMILES string of the molecule is Cc1cc(NC(=O)c2cc(C)n(C3CC3)c2C)no1. The molecule has 19 heavy (non-hydrogen) atoms. The highest BCUT2D eigenvalue weighted by atomic mass is 16.5. The minimum atomic E-state index is -0.131. The summed E-state index contributed by atoms with van der Waals surface area (Å²) in [4.78, 5) is 12.2. The summed E-state index contributed by atoms with van der Waals surface area (Å²) in [6.07, 6.45) is 2.42. The van der Waals surface area contributed by atoms with Crippen LogP contribution in [0, 0.1) is 20.8 Å². The molecule has 1 fully saturated rings. The Morgan fingerprint density at radius 1 is 1.37 bits per heavy atom. The first kappa shape index (κ1) is 12.0. The van der Waals surface area contributed by atoms with Crippen molar-refractivity contribution in [1.29, 1.82) is 0 Å². The van der Waals surface area contributed by atoms with Crippen molar-refractivity contribution < 1.29 is 9.32 Å². The Morgan fingerprint density at radius 2 is 2.11 bits per heavy atom. The van der Waals surface area contributed by atoms with Crippen LogP contribution in [0.4, 0.5) is 5.82 Å². The Labute approximate surface area is 111 Å². The van der Waals surface area contributed by atoms with Gasteiger partial charge in [0, 0.05) is 23.5 Å². The summed E-state index contributed by atoms with van der Waals surface area (Å²) in [6.45, 7) is 5.83.